The number of rotatable bonds is 10. The Bertz CT molecular complexity index is 1180. The number of benzene rings is 2. The Labute approximate surface area is 192 Å². The first kappa shape index (κ1) is 23.9. The Balaban J connectivity index is 1.82. The van der Waals surface area contributed by atoms with E-state index in [1.165, 1.54) is 12.3 Å². The molecule has 0 saturated heterocycles. The number of aromatic hydroxyl groups is 1. The van der Waals surface area contributed by atoms with E-state index < -0.39 is 17.8 Å². The Kier molecular flexibility index (Phi) is 7.43. The van der Waals surface area contributed by atoms with E-state index >= 15 is 0 Å². The maximum Gasteiger partial charge on any atom is 0.306 e. The molecule has 2 aromatic carbocycles. The van der Waals surface area contributed by atoms with Crippen molar-refractivity contribution in [3.8, 4) is 16.9 Å². The number of Topliss-reactive ketones (excluding diaryl/α,β-unsaturated/α-hetero) is 1. The number of phenolic OH excluding ortho intramolecular Hbond substituents is 1. The summed E-state index contributed by atoms with van der Waals surface area (Å²) in [5, 5.41) is 27.6. The zero-order valence-electron chi connectivity index (χ0n) is 19.0. The number of carboxylic acids is 1. The van der Waals surface area contributed by atoms with E-state index in [-0.39, 0.29) is 36.0 Å². The molecule has 172 valence electrons. The van der Waals surface area contributed by atoms with Crippen LogP contribution < -0.4 is 0 Å². The Morgan fingerprint density at radius 3 is 2.55 bits per heavy atom. The normalized spacial score (nSPS) is 12.8. The molecule has 0 aliphatic heterocycles. The van der Waals surface area contributed by atoms with Gasteiger partial charge in [-0.05, 0) is 47.7 Å². The predicted molar refractivity (Wildman–Crippen MR) is 125 cm³/mol. The highest BCUT2D eigenvalue weighted by molar-refractivity contribution is 6.41. The molecular formula is C26H28N2O5. The molecule has 3 N–H and O–H groups in total. The Hall–Kier alpha value is -3.74. The number of ketones is 1. The first-order valence-electron chi connectivity index (χ1n) is 10.9. The van der Waals surface area contributed by atoms with Gasteiger partial charge in [0.2, 0.25) is 5.89 Å². The second kappa shape index (κ2) is 10.3. The number of nitrogens with zero attached hydrogens (tertiary/aromatic N) is 1. The maximum atomic E-state index is 13.1. The van der Waals surface area contributed by atoms with Crippen molar-refractivity contribution in [3.05, 3.63) is 71.4 Å². The summed E-state index contributed by atoms with van der Waals surface area (Å²) < 4.78 is 5.51. The van der Waals surface area contributed by atoms with E-state index in [1.807, 2.05) is 38.1 Å². The zero-order valence-corrected chi connectivity index (χ0v) is 19.0. The lowest BCUT2D eigenvalue weighted by Gasteiger charge is -2.15. The summed E-state index contributed by atoms with van der Waals surface area (Å²) in [5.41, 5.74) is 3.78. The van der Waals surface area contributed by atoms with Gasteiger partial charge in [0.25, 0.3) is 0 Å². The molecular weight excluding hydrogens is 420 g/mol. The SMILES string of the molecule is CCC(C(=N)C(=O)Cc1ccc(O)cc1-c1ccccc1C)c1nc(CC(C)C(=O)O)co1. The second-order valence-electron chi connectivity index (χ2n) is 8.25. The highest BCUT2D eigenvalue weighted by Crippen LogP contribution is 2.31. The third-order valence-electron chi connectivity index (χ3n) is 5.74. The zero-order chi connectivity index (χ0) is 24.1. The van der Waals surface area contributed by atoms with Crippen molar-refractivity contribution in [2.75, 3.05) is 0 Å². The van der Waals surface area contributed by atoms with Gasteiger partial charge in [-0.3, -0.25) is 9.59 Å². The lowest BCUT2D eigenvalue weighted by atomic mass is 9.89. The topological polar surface area (TPSA) is 124 Å². The van der Waals surface area contributed by atoms with E-state index in [0.717, 1.165) is 22.3 Å². The number of oxazole rings is 1. The Morgan fingerprint density at radius 1 is 1.15 bits per heavy atom. The van der Waals surface area contributed by atoms with Crippen molar-refractivity contribution in [1.29, 1.82) is 5.41 Å². The van der Waals surface area contributed by atoms with Crippen molar-refractivity contribution in [1.82, 2.24) is 4.98 Å². The summed E-state index contributed by atoms with van der Waals surface area (Å²) in [6.07, 6.45) is 2.05. The summed E-state index contributed by atoms with van der Waals surface area (Å²) in [4.78, 5) is 28.5. The summed E-state index contributed by atoms with van der Waals surface area (Å²) in [6, 6.07) is 12.6. The number of hydrogen-bond donors (Lipinski definition) is 3. The monoisotopic (exact) mass is 448 g/mol. The summed E-state index contributed by atoms with van der Waals surface area (Å²) in [6.45, 7) is 5.39. The van der Waals surface area contributed by atoms with Crippen molar-refractivity contribution < 1.29 is 24.2 Å². The molecule has 0 saturated carbocycles. The largest absolute Gasteiger partial charge is 0.508 e. The van der Waals surface area contributed by atoms with E-state index in [9.17, 15) is 14.7 Å². The van der Waals surface area contributed by atoms with Crippen molar-refractivity contribution in [2.24, 2.45) is 5.92 Å². The number of hydrogen-bond acceptors (Lipinski definition) is 6. The van der Waals surface area contributed by atoms with Crippen LogP contribution in [-0.4, -0.2) is 32.7 Å². The van der Waals surface area contributed by atoms with Crippen molar-refractivity contribution in [2.45, 2.75) is 46.0 Å². The first-order valence-corrected chi connectivity index (χ1v) is 10.9. The number of nitrogens with one attached hydrogen (secondary N) is 1. The fourth-order valence-corrected chi connectivity index (χ4v) is 3.79. The smallest absolute Gasteiger partial charge is 0.306 e. The molecule has 0 amide bonds. The molecule has 1 aromatic heterocycles. The van der Waals surface area contributed by atoms with Gasteiger partial charge >= 0.3 is 5.97 Å². The molecule has 33 heavy (non-hydrogen) atoms. The van der Waals surface area contributed by atoms with Gasteiger partial charge in [-0.15, -0.1) is 0 Å². The fraction of sp³-hybridized carbons (Fsp3) is 0.308. The summed E-state index contributed by atoms with van der Waals surface area (Å²) >= 11 is 0. The molecule has 0 aliphatic carbocycles. The quantitative estimate of drug-likeness (QED) is 0.377. The lowest BCUT2D eigenvalue weighted by molar-refractivity contribution is -0.141. The van der Waals surface area contributed by atoms with Gasteiger partial charge in [0.1, 0.15) is 12.0 Å². The third kappa shape index (κ3) is 5.55. The minimum absolute atomic E-state index is 0.00287. The van der Waals surface area contributed by atoms with Crippen molar-refractivity contribution in [3.63, 3.8) is 0 Å². The average molecular weight is 449 g/mol. The van der Waals surface area contributed by atoms with Gasteiger partial charge in [-0.2, -0.15) is 0 Å². The maximum absolute atomic E-state index is 13.1. The number of aryl methyl sites for hydroxylation is 1. The van der Waals surface area contributed by atoms with Crippen LogP contribution in [0.15, 0.2) is 53.1 Å². The number of phenols is 1. The minimum Gasteiger partial charge on any atom is -0.508 e. The molecule has 1 heterocycles. The summed E-state index contributed by atoms with van der Waals surface area (Å²) in [7, 11) is 0. The van der Waals surface area contributed by atoms with Crippen LogP contribution in [-0.2, 0) is 22.4 Å². The lowest BCUT2D eigenvalue weighted by Crippen LogP contribution is -2.23. The van der Waals surface area contributed by atoms with Gasteiger partial charge in [-0.25, -0.2) is 4.98 Å². The number of aromatic nitrogens is 1. The standard InChI is InChI=1S/C26H28N2O5/c1-4-20(25-28-18(14-33-25)11-16(3)26(31)32)24(27)23(30)12-17-9-10-19(29)13-22(17)21-8-6-5-7-15(21)2/h5-10,13-14,16,20,27,29H,4,11-12H2,1-3H3,(H,31,32). The summed E-state index contributed by atoms with van der Waals surface area (Å²) in [5.74, 6) is -2.17. The van der Waals surface area contributed by atoms with Crippen LogP contribution in [0.1, 0.15) is 48.9 Å². The van der Waals surface area contributed by atoms with Gasteiger partial charge in [-0.1, -0.05) is 44.2 Å². The van der Waals surface area contributed by atoms with Crippen LogP contribution >= 0.6 is 0 Å². The molecule has 0 radical (unpaired) electrons. The molecule has 0 aliphatic rings. The van der Waals surface area contributed by atoms with Crippen LogP contribution in [0.25, 0.3) is 11.1 Å². The molecule has 0 bridgehead atoms. The first-order chi connectivity index (χ1) is 15.7. The van der Waals surface area contributed by atoms with Gasteiger partial charge < -0.3 is 20.0 Å². The number of carboxylic acid groups (broad SMARTS) is 1. The highest BCUT2D eigenvalue weighted by atomic mass is 16.4. The van der Waals surface area contributed by atoms with Crippen molar-refractivity contribution >= 4 is 17.5 Å². The number of carbonyl (C=O) groups is 2. The van der Waals surface area contributed by atoms with Gasteiger partial charge in [0.05, 0.1) is 23.2 Å². The number of aliphatic carboxylic acids is 1. The third-order valence-corrected chi connectivity index (χ3v) is 5.74. The van der Waals surface area contributed by atoms with E-state index in [4.69, 9.17) is 14.9 Å². The molecule has 3 aromatic rings. The fourth-order valence-electron chi connectivity index (χ4n) is 3.79. The highest BCUT2D eigenvalue weighted by Gasteiger charge is 2.27. The van der Waals surface area contributed by atoms with Crippen LogP contribution in [0, 0.1) is 18.3 Å². The van der Waals surface area contributed by atoms with Gasteiger partial charge in [0.15, 0.2) is 5.78 Å². The second-order valence-corrected chi connectivity index (χ2v) is 8.25. The molecule has 0 spiro atoms. The number of carbonyl (C=O) groups excluding carboxylic acids is 1. The van der Waals surface area contributed by atoms with Crippen LogP contribution in [0.2, 0.25) is 0 Å². The van der Waals surface area contributed by atoms with E-state index in [1.54, 1.807) is 19.1 Å². The average Bonchev–Trinajstić information content (AvgIpc) is 3.23. The van der Waals surface area contributed by atoms with Crippen LogP contribution in [0.5, 0.6) is 5.75 Å². The molecule has 3 rings (SSSR count). The predicted octanol–water partition coefficient (Wildman–Crippen LogP) is 4.94. The van der Waals surface area contributed by atoms with Gasteiger partial charge in [0, 0.05) is 12.8 Å². The minimum atomic E-state index is -0.923. The van der Waals surface area contributed by atoms with E-state index in [2.05, 4.69) is 4.98 Å². The van der Waals surface area contributed by atoms with Crippen LogP contribution in [0.4, 0.5) is 0 Å². The van der Waals surface area contributed by atoms with E-state index in [0.29, 0.717) is 12.1 Å². The van der Waals surface area contributed by atoms with Crippen LogP contribution in [0.3, 0.4) is 0 Å². The molecule has 2 atom stereocenters. The molecule has 7 nitrogen and oxygen atoms in total. The molecule has 2 unspecified atom stereocenters. The Morgan fingerprint density at radius 2 is 1.88 bits per heavy atom. The molecule has 0 fully saturated rings. The molecule has 7 heteroatoms.